The normalized spacial score (nSPS) is 22.6. The average Bonchev–Trinajstić information content (AvgIpc) is 2.65. The summed E-state index contributed by atoms with van der Waals surface area (Å²) in [5.74, 6) is 0.283. The first-order chi connectivity index (χ1) is 13.2. The Bertz CT molecular complexity index is 731. The fourth-order valence-corrected chi connectivity index (χ4v) is 4.02. The molecule has 0 radical (unpaired) electrons. The zero-order valence-electron chi connectivity index (χ0n) is 17.9. The number of rotatable bonds is 5. The fraction of sp³-hybridized carbons (Fsp3) is 0.762. The molecule has 1 aromatic rings. The van der Waals surface area contributed by atoms with Gasteiger partial charge in [-0.3, -0.25) is 19.4 Å². The minimum absolute atomic E-state index is 0.0309. The number of hydrogen-bond acceptors (Lipinski definition) is 5. The second-order valence-corrected chi connectivity index (χ2v) is 9.22. The third-order valence-corrected chi connectivity index (χ3v) is 6.07. The summed E-state index contributed by atoms with van der Waals surface area (Å²) in [6.45, 7) is 12.8. The molecule has 1 unspecified atom stereocenters. The van der Waals surface area contributed by atoms with Crippen LogP contribution in [0.2, 0.25) is 0 Å². The summed E-state index contributed by atoms with van der Waals surface area (Å²) in [7, 11) is 1.94. The number of likely N-dealkylation sites (tertiary alicyclic amines) is 1. The number of piperidine rings is 1. The lowest BCUT2D eigenvalue weighted by Crippen LogP contribution is -2.53. The van der Waals surface area contributed by atoms with Crippen molar-refractivity contribution >= 4 is 5.91 Å². The minimum Gasteiger partial charge on any atom is -0.341 e. The van der Waals surface area contributed by atoms with Gasteiger partial charge in [-0.2, -0.15) is 5.10 Å². The number of amides is 1. The van der Waals surface area contributed by atoms with E-state index in [2.05, 4.69) is 35.7 Å². The van der Waals surface area contributed by atoms with E-state index in [0.29, 0.717) is 19.0 Å². The van der Waals surface area contributed by atoms with Crippen molar-refractivity contribution in [2.24, 2.45) is 0 Å². The van der Waals surface area contributed by atoms with E-state index in [4.69, 9.17) is 0 Å². The van der Waals surface area contributed by atoms with Crippen molar-refractivity contribution in [1.29, 1.82) is 0 Å². The summed E-state index contributed by atoms with van der Waals surface area (Å²) in [6, 6.07) is 3.83. The summed E-state index contributed by atoms with van der Waals surface area (Å²) in [5.41, 5.74) is 0.856. The molecule has 7 nitrogen and oxygen atoms in total. The lowest BCUT2D eigenvalue weighted by atomic mass is 9.92. The molecule has 0 saturated carbocycles. The Labute approximate surface area is 168 Å². The van der Waals surface area contributed by atoms with Crippen molar-refractivity contribution in [3.05, 3.63) is 28.2 Å². The molecule has 7 heteroatoms. The van der Waals surface area contributed by atoms with Gasteiger partial charge >= 0.3 is 0 Å². The van der Waals surface area contributed by atoms with Gasteiger partial charge in [-0.15, -0.1) is 0 Å². The van der Waals surface area contributed by atoms with E-state index in [1.54, 1.807) is 10.7 Å². The molecule has 156 valence electrons. The summed E-state index contributed by atoms with van der Waals surface area (Å²) < 4.78 is 1.61. The van der Waals surface area contributed by atoms with Crippen LogP contribution in [0.1, 0.15) is 45.7 Å². The predicted molar refractivity (Wildman–Crippen MR) is 110 cm³/mol. The second kappa shape index (κ2) is 8.74. The zero-order valence-corrected chi connectivity index (χ0v) is 17.9. The van der Waals surface area contributed by atoms with Crippen molar-refractivity contribution in [2.45, 2.75) is 58.0 Å². The highest BCUT2D eigenvalue weighted by Gasteiger charge is 2.27. The van der Waals surface area contributed by atoms with Gasteiger partial charge in [-0.05, 0) is 18.9 Å². The first kappa shape index (κ1) is 21.0. The highest BCUT2D eigenvalue weighted by atomic mass is 16.2. The van der Waals surface area contributed by atoms with Crippen LogP contribution < -0.4 is 5.56 Å². The van der Waals surface area contributed by atoms with Gasteiger partial charge in [0.05, 0.1) is 12.2 Å². The number of hydrogen-bond donors (Lipinski definition) is 0. The molecule has 28 heavy (non-hydrogen) atoms. The number of nitrogens with zero attached hydrogens (tertiary/aromatic N) is 5. The van der Waals surface area contributed by atoms with Crippen LogP contribution in [0.3, 0.4) is 0 Å². The molecule has 2 aliphatic rings. The van der Waals surface area contributed by atoms with Gasteiger partial charge in [0.15, 0.2) is 0 Å². The summed E-state index contributed by atoms with van der Waals surface area (Å²) in [6.07, 6.45) is 2.83. The molecule has 0 aromatic carbocycles. The Hall–Kier alpha value is -1.73. The van der Waals surface area contributed by atoms with Crippen molar-refractivity contribution in [2.75, 3.05) is 46.3 Å². The van der Waals surface area contributed by atoms with Crippen LogP contribution in [0.25, 0.3) is 0 Å². The molecular formula is C21H35N5O2. The van der Waals surface area contributed by atoms with E-state index in [1.165, 1.54) is 0 Å². The number of carbonyl (C=O) groups excluding carboxylic acids is 1. The molecule has 0 aliphatic carbocycles. The maximum atomic E-state index is 12.1. The van der Waals surface area contributed by atoms with Crippen LogP contribution in [-0.4, -0.2) is 82.7 Å². The molecule has 1 amide bonds. The van der Waals surface area contributed by atoms with Gasteiger partial charge in [-0.25, -0.2) is 4.68 Å². The summed E-state index contributed by atoms with van der Waals surface area (Å²) in [5, 5.41) is 4.57. The molecule has 3 rings (SSSR count). The molecule has 2 aliphatic heterocycles. The Balaban J connectivity index is 1.47. The van der Waals surface area contributed by atoms with Crippen LogP contribution in [0.5, 0.6) is 0 Å². The van der Waals surface area contributed by atoms with Gasteiger partial charge in [-0.1, -0.05) is 20.8 Å². The van der Waals surface area contributed by atoms with Crippen molar-refractivity contribution in [3.8, 4) is 0 Å². The highest BCUT2D eigenvalue weighted by Crippen LogP contribution is 2.19. The van der Waals surface area contributed by atoms with Crippen LogP contribution in [0.4, 0.5) is 0 Å². The van der Waals surface area contributed by atoms with Gasteiger partial charge < -0.3 is 4.90 Å². The summed E-state index contributed by atoms with van der Waals surface area (Å²) >= 11 is 0. The monoisotopic (exact) mass is 389 g/mol. The molecule has 0 N–H and O–H groups in total. The smallest absolute Gasteiger partial charge is 0.266 e. The highest BCUT2D eigenvalue weighted by molar-refractivity contribution is 5.76. The second-order valence-electron chi connectivity index (χ2n) is 9.22. The average molecular weight is 390 g/mol. The van der Waals surface area contributed by atoms with Crippen molar-refractivity contribution in [1.82, 2.24) is 24.5 Å². The molecule has 0 spiro atoms. The SMILES string of the molecule is CN1C(=O)CCCC1CN1CCN(CCn2nc(C(C)(C)C)ccc2=O)CC1. The van der Waals surface area contributed by atoms with Crippen LogP contribution in [-0.2, 0) is 16.8 Å². The first-order valence-corrected chi connectivity index (χ1v) is 10.5. The van der Waals surface area contributed by atoms with Crippen molar-refractivity contribution in [3.63, 3.8) is 0 Å². The molecule has 1 aromatic heterocycles. The van der Waals surface area contributed by atoms with E-state index in [0.717, 1.165) is 57.8 Å². The number of aromatic nitrogens is 2. The van der Waals surface area contributed by atoms with Gasteiger partial charge in [0.25, 0.3) is 5.56 Å². The van der Waals surface area contributed by atoms with Gasteiger partial charge in [0.2, 0.25) is 5.91 Å². The lowest BCUT2D eigenvalue weighted by molar-refractivity contribution is -0.135. The molecular weight excluding hydrogens is 354 g/mol. The van der Waals surface area contributed by atoms with Crippen LogP contribution in [0, 0.1) is 0 Å². The quantitative estimate of drug-likeness (QED) is 0.757. The molecule has 0 bridgehead atoms. The third-order valence-electron chi connectivity index (χ3n) is 6.07. The van der Waals surface area contributed by atoms with Crippen LogP contribution in [0.15, 0.2) is 16.9 Å². The van der Waals surface area contributed by atoms with E-state index >= 15 is 0 Å². The largest absolute Gasteiger partial charge is 0.341 e. The Morgan fingerprint density at radius 3 is 2.39 bits per heavy atom. The van der Waals surface area contributed by atoms with E-state index in [1.807, 2.05) is 18.0 Å². The Kier molecular flexibility index (Phi) is 6.55. The number of carbonyl (C=O) groups is 1. The third kappa shape index (κ3) is 5.20. The molecule has 2 fully saturated rings. The first-order valence-electron chi connectivity index (χ1n) is 10.5. The maximum absolute atomic E-state index is 12.1. The van der Waals surface area contributed by atoms with Crippen molar-refractivity contribution < 1.29 is 4.79 Å². The van der Waals surface area contributed by atoms with E-state index < -0.39 is 0 Å². The summed E-state index contributed by atoms with van der Waals surface area (Å²) in [4.78, 5) is 30.9. The standard InChI is InChI=1S/C21H35N5O2/c1-21(2,3)18-8-9-20(28)26(22-18)15-14-24-10-12-25(13-11-24)16-17-6-5-7-19(27)23(17)4/h8-9,17H,5-7,10-16H2,1-4H3. The molecule has 1 atom stereocenters. The fourth-order valence-electron chi connectivity index (χ4n) is 4.02. The maximum Gasteiger partial charge on any atom is 0.266 e. The van der Waals surface area contributed by atoms with E-state index in [9.17, 15) is 9.59 Å². The molecule has 2 saturated heterocycles. The molecule has 3 heterocycles. The lowest BCUT2D eigenvalue weighted by Gasteiger charge is -2.40. The topological polar surface area (TPSA) is 61.7 Å². The minimum atomic E-state index is -0.0608. The number of piperazine rings is 1. The Morgan fingerprint density at radius 2 is 1.71 bits per heavy atom. The van der Waals surface area contributed by atoms with Gasteiger partial charge in [0, 0.05) is 70.3 Å². The van der Waals surface area contributed by atoms with Gasteiger partial charge in [0.1, 0.15) is 0 Å². The van der Waals surface area contributed by atoms with E-state index in [-0.39, 0.29) is 16.9 Å². The predicted octanol–water partition coefficient (Wildman–Crippen LogP) is 1.17. The zero-order chi connectivity index (χ0) is 20.3. The Morgan fingerprint density at radius 1 is 1.04 bits per heavy atom. The van der Waals surface area contributed by atoms with Crippen LogP contribution >= 0.6 is 0 Å². The number of likely N-dealkylation sites (N-methyl/N-ethyl adjacent to an activating group) is 1.